The van der Waals surface area contributed by atoms with Crippen molar-refractivity contribution in [2.24, 2.45) is 12.5 Å². The number of carbonyl (C=O) groups is 1. The summed E-state index contributed by atoms with van der Waals surface area (Å²) in [5, 5.41) is 14.4. The molecule has 1 N–H and O–H groups in total. The molecule has 0 aliphatic carbocycles. The Bertz CT molecular complexity index is 1010. The smallest absolute Gasteiger partial charge is 0.407 e. The van der Waals surface area contributed by atoms with Crippen molar-refractivity contribution in [3.63, 3.8) is 0 Å². The van der Waals surface area contributed by atoms with Crippen LogP contribution in [-0.4, -0.2) is 37.4 Å². The monoisotopic (exact) mass is 434 g/mol. The molecule has 154 valence electrons. The average Bonchev–Trinajstić information content (AvgIpc) is 3.20. The fourth-order valence-corrected chi connectivity index (χ4v) is 5.13. The Morgan fingerprint density at radius 2 is 2.07 bits per heavy atom. The second-order valence-corrected chi connectivity index (χ2v) is 10.3. The fraction of sp³-hybridized carbons (Fsp3) is 0.350. The van der Waals surface area contributed by atoms with Crippen molar-refractivity contribution < 1.29 is 14.3 Å². The Hall–Kier alpha value is -2.39. The van der Waals surface area contributed by atoms with Crippen LogP contribution in [0.5, 0.6) is 0 Å². The van der Waals surface area contributed by atoms with Gasteiger partial charge in [-0.05, 0) is 17.5 Å². The topological polar surface area (TPSA) is 71.2 Å². The van der Waals surface area contributed by atoms with E-state index in [1.54, 1.807) is 29.1 Å². The zero-order chi connectivity index (χ0) is 21.2. The molecule has 1 aromatic carbocycles. The van der Waals surface area contributed by atoms with Crippen molar-refractivity contribution in [3.8, 4) is 11.3 Å². The van der Waals surface area contributed by atoms with Crippen molar-refractivity contribution >= 4 is 29.2 Å². The summed E-state index contributed by atoms with van der Waals surface area (Å²) in [6.07, 6.45) is 2.61. The molecule has 2 aromatic heterocycles. The minimum atomic E-state index is -0.996. The quantitative estimate of drug-likeness (QED) is 0.565. The maximum atomic E-state index is 14.5. The number of benzene rings is 1. The maximum absolute atomic E-state index is 14.5. The SMILES string of the molecule is Cn1cc(Sc2sc(CN(CC(C)(C)C)C(=O)O)nc2-c2ccccc2F)cn1. The van der Waals surface area contributed by atoms with Crippen LogP contribution in [0.4, 0.5) is 9.18 Å². The summed E-state index contributed by atoms with van der Waals surface area (Å²) in [5.41, 5.74) is 0.745. The van der Waals surface area contributed by atoms with E-state index in [2.05, 4.69) is 10.1 Å². The van der Waals surface area contributed by atoms with Gasteiger partial charge in [-0.2, -0.15) is 5.10 Å². The van der Waals surface area contributed by atoms with E-state index in [1.165, 1.54) is 34.1 Å². The van der Waals surface area contributed by atoms with E-state index in [-0.39, 0.29) is 17.8 Å². The summed E-state index contributed by atoms with van der Waals surface area (Å²) in [4.78, 5) is 18.6. The van der Waals surface area contributed by atoms with Crippen LogP contribution in [0, 0.1) is 11.2 Å². The molecule has 0 saturated carbocycles. The third-order valence-electron chi connectivity index (χ3n) is 3.92. The Morgan fingerprint density at radius 1 is 1.34 bits per heavy atom. The number of carboxylic acid groups (broad SMARTS) is 1. The molecule has 2 heterocycles. The highest BCUT2D eigenvalue weighted by Gasteiger charge is 2.24. The molecule has 3 aromatic rings. The Balaban J connectivity index is 1.97. The number of aromatic nitrogens is 3. The van der Waals surface area contributed by atoms with E-state index in [9.17, 15) is 14.3 Å². The normalized spacial score (nSPS) is 11.6. The molecule has 0 saturated heterocycles. The maximum Gasteiger partial charge on any atom is 0.407 e. The first-order valence-corrected chi connectivity index (χ1v) is 10.6. The third kappa shape index (κ3) is 5.57. The van der Waals surface area contributed by atoms with Gasteiger partial charge < -0.3 is 10.0 Å². The van der Waals surface area contributed by atoms with E-state index in [1.807, 2.05) is 34.0 Å². The summed E-state index contributed by atoms with van der Waals surface area (Å²) >= 11 is 2.83. The van der Waals surface area contributed by atoms with Crippen LogP contribution in [0.25, 0.3) is 11.3 Å². The first kappa shape index (κ1) is 21.3. The molecule has 1 amide bonds. The van der Waals surface area contributed by atoms with Crippen LogP contribution in [0.3, 0.4) is 0 Å². The van der Waals surface area contributed by atoms with Gasteiger partial charge in [0.15, 0.2) is 0 Å². The van der Waals surface area contributed by atoms with Crippen molar-refractivity contribution in [3.05, 3.63) is 47.5 Å². The van der Waals surface area contributed by atoms with E-state index in [0.29, 0.717) is 22.8 Å². The fourth-order valence-electron chi connectivity index (χ4n) is 2.79. The lowest BCUT2D eigenvalue weighted by Gasteiger charge is -2.27. The zero-order valence-corrected chi connectivity index (χ0v) is 18.4. The summed E-state index contributed by atoms with van der Waals surface area (Å²) < 4.78 is 17.0. The van der Waals surface area contributed by atoms with E-state index in [4.69, 9.17) is 0 Å². The van der Waals surface area contributed by atoms with Crippen LogP contribution < -0.4 is 0 Å². The molecule has 0 radical (unpaired) electrons. The van der Waals surface area contributed by atoms with Crippen LogP contribution in [0.1, 0.15) is 25.8 Å². The van der Waals surface area contributed by atoms with Crippen molar-refractivity contribution in [1.82, 2.24) is 19.7 Å². The molecule has 9 heteroatoms. The highest BCUT2D eigenvalue weighted by atomic mass is 32.2. The highest BCUT2D eigenvalue weighted by Crippen LogP contribution is 2.41. The van der Waals surface area contributed by atoms with Crippen molar-refractivity contribution in [2.45, 2.75) is 36.4 Å². The number of nitrogens with zero attached hydrogens (tertiary/aromatic N) is 4. The number of amides is 1. The Morgan fingerprint density at radius 3 is 2.66 bits per heavy atom. The first-order valence-electron chi connectivity index (χ1n) is 9.01. The molecular formula is C20H23FN4O2S2. The first-order chi connectivity index (χ1) is 13.6. The van der Waals surface area contributed by atoms with E-state index in [0.717, 1.165) is 9.10 Å². The van der Waals surface area contributed by atoms with Crippen molar-refractivity contribution in [1.29, 1.82) is 0 Å². The lowest BCUT2D eigenvalue weighted by atomic mass is 9.96. The average molecular weight is 435 g/mol. The predicted molar refractivity (Wildman–Crippen MR) is 113 cm³/mol. The zero-order valence-electron chi connectivity index (χ0n) is 16.7. The molecule has 0 spiro atoms. The molecular weight excluding hydrogens is 411 g/mol. The van der Waals surface area contributed by atoms with Gasteiger partial charge in [-0.1, -0.05) is 44.7 Å². The minimum absolute atomic E-state index is 0.159. The molecule has 0 atom stereocenters. The number of aryl methyl sites for hydroxylation is 1. The second kappa shape index (κ2) is 8.54. The molecule has 3 rings (SSSR count). The molecule has 0 bridgehead atoms. The van der Waals surface area contributed by atoms with Crippen LogP contribution in [0.2, 0.25) is 0 Å². The Kier molecular flexibility index (Phi) is 6.28. The van der Waals surface area contributed by atoms with Gasteiger partial charge in [0.25, 0.3) is 0 Å². The van der Waals surface area contributed by atoms with Gasteiger partial charge in [0, 0.05) is 25.4 Å². The third-order valence-corrected chi connectivity index (χ3v) is 6.08. The van der Waals surface area contributed by atoms with E-state index >= 15 is 0 Å². The summed E-state index contributed by atoms with van der Waals surface area (Å²) in [6, 6.07) is 6.48. The van der Waals surface area contributed by atoms with Gasteiger partial charge in [0.05, 0.1) is 27.5 Å². The predicted octanol–water partition coefficient (Wildman–Crippen LogP) is 5.36. The number of hydrogen-bond acceptors (Lipinski definition) is 5. The van der Waals surface area contributed by atoms with Gasteiger partial charge in [-0.25, -0.2) is 14.2 Å². The van der Waals surface area contributed by atoms with Crippen LogP contribution in [0.15, 0.2) is 45.8 Å². The molecule has 29 heavy (non-hydrogen) atoms. The van der Waals surface area contributed by atoms with Gasteiger partial charge >= 0.3 is 6.09 Å². The van der Waals surface area contributed by atoms with Gasteiger partial charge in [-0.3, -0.25) is 4.68 Å². The molecule has 6 nitrogen and oxygen atoms in total. The summed E-state index contributed by atoms with van der Waals surface area (Å²) in [6.45, 7) is 6.49. The molecule has 0 unspecified atom stereocenters. The second-order valence-electron chi connectivity index (χ2n) is 7.87. The Labute approximate surface area is 177 Å². The minimum Gasteiger partial charge on any atom is -0.465 e. The van der Waals surface area contributed by atoms with Crippen LogP contribution >= 0.6 is 23.1 Å². The molecule has 0 fully saturated rings. The van der Waals surface area contributed by atoms with Crippen molar-refractivity contribution in [2.75, 3.05) is 6.54 Å². The van der Waals surface area contributed by atoms with Gasteiger partial charge in [0.1, 0.15) is 10.8 Å². The van der Waals surface area contributed by atoms with Gasteiger partial charge in [-0.15, -0.1) is 11.3 Å². The molecule has 0 aliphatic rings. The lowest BCUT2D eigenvalue weighted by molar-refractivity contribution is 0.123. The molecule has 0 aliphatic heterocycles. The van der Waals surface area contributed by atoms with Crippen LogP contribution in [-0.2, 0) is 13.6 Å². The van der Waals surface area contributed by atoms with E-state index < -0.39 is 6.09 Å². The summed E-state index contributed by atoms with van der Waals surface area (Å²) in [5.74, 6) is -0.359. The number of halogens is 1. The lowest BCUT2D eigenvalue weighted by Crippen LogP contribution is -2.36. The number of hydrogen-bond donors (Lipinski definition) is 1. The largest absolute Gasteiger partial charge is 0.465 e. The standard InChI is InChI=1S/C20H23FN4O2S2/c1-20(2,3)12-25(19(26)27)11-16-23-17(14-7-5-6-8-15(14)21)18(29-16)28-13-9-22-24(4)10-13/h5-10H,11-12H2,1-4H3,(H,26,27). The highest BCUT2D eigenvalue weighted by molar-refractivity contribution is 8.01. The van der Waals surface area contributed by atoms with Gasteiger partial charge in [0.2, 0.25) is 0 Å². The number of rotatable bonds is 6. The number of thiazole rings is 1. The summed E-state index contributed by atoms with van der Waals surface area (Å²) in [7, 11) is 1.83.